The molecular weight excluding hydrogens is 394 g/mol. The highest BCUT2D eigenvalue weighted by atomic mass is 32.2. The van der Waals surface area contributed by atoms with Crippen molar-refractivity contribution in [2.45, 2.75) is 39.2 Å². The number of aryl methyl sites for hydroxylation is 2. The molecule has 7 nitrogen and oxygen atoms in total. The maximum Gasteiger partial charge on any atom is 0.336 e. The lowest BCUT2D eigenvalue weighted by molar-refractivity contribution is -0.121. The van der Waals surface area contributed by atoms with Crippen LogP contribution in [0.4, 0.5) is 0 Å². The topological polar surface area (TPSA) is 103 Å². The monoisotopic (exact) mass is 419 g/mol. The Hall–Kier alpha value is -2.61. The van der Waals surface area contributed by atoms with E-state index in [4.69, 9.17) is 9.15 Å². The van der Waals surface area contributed by atoms with Crippen molar-refractivity contribution in [3.8, 4) is 5.75 Å². The second-order valence-corrected chi connectivity index (χ2v) is 9.85. The summed E-state index contributed by atoms with van der Waals surface area (Å²) in [6.07, 6.45) is 1.06. The molecule has 0 radical (unpaired) electrons. The van der Waals surface area contributed by atoms with Crippen LogP contribution in [0.5, 0.6) is 5.75 Å². The molecule has 1 aliphatic heterocycles. The van der Waals surface area contributed by atoms with Crippen LogP contribution in [0.25, 0.3) is 11.0 Å². The summed E-state index contributed by atoms with van der Waals surface area (Å²) in [5.74, 6) is 0.450. The van der Waals surface area contributed by atoms with E-state index in [1.165, 1.54) is 6.07 Å². The van der Waals surface area contributed by atoms with E-state index in [0.717, 1.165) is 22.1 Å². The first-order chi connectivity index (χ1) is 13.6. The van der Waals surface area contributed by atoms with Gasteiger partial charge >= 0.3 is 5.63 Å². The van der Waals surface area contributed by atoms with E-state index in [2.05, 4.69) is 11.9 Å². The first-order valence-corrected chi connectivity index (χ1v) is 11.3. The molecule has 1 N–H and O–H groups in total. The van der Waals surface area contributed by atoms with E-state index in [9.17, 15) is 18.0 Å². The molecule has 0 saturated carbocycles. The largest absolute Gasteiger partial charge is 0.489 e. The number of rotatable bonds is 7. The number of amides is 1. The minimum absolute atomic E-state index is 0.0000846. The minimum atomic E-state index is -3.04. The Kier molecular flexibility index (Phi) is 6.12. The molecule has 0 bridgehead atoms. The first-order valence-electron chi connectivity index (χ1n) is 9.47. The van der Waals surface area contributed by atoms with E-state index in [1.807, 2.05) is 19.9 Å². The molecule has 1 aromatic carbocycles. The van der Waals surface area contributed by atoms with Crippen molar-refractivity contribution in [3.05, 3.63) is 51.9 Å². The summed E-state index contributed by atoms with van der Waals surface area (Å²) in [6, 6.07) is 4.64. The van der Waals surface area contributed by atoms with Crippen LogP contribution in [0.15, 0.2) is 39.6 Å². The summed E-state index contributed by atoms with van der Waals surface area (Å²) in [5.41, 5.74) is 2.42. The fraction of sp³-hybridized carbons (Fsp3) is 0.429. The normalized spacial score (nSPS) is 17.9. The molecule has 0 unspecified atom stereocenters. The predicted octanol–water partition coefficient (Wildman–Crippen LogP) is 2.29. The van der Waals surface area contributed by atoms with Gasteiger partial charge in [-0.1, -0.05) is 6.58 Å². The van der Waals surface area contributed by atoms with Crippen LogP contribution in [0.2, 0.25) is 0 Å². The number of fused-ring (bicyclic) bond motifs is 1. The van der Waals surface area contributed by atoms with Gasteiger partial charge in [-0.15, -0.1) is 0 Å². The van der Waals surface area contributed by atoms with Gasteiger partial charge in [-0.25, -0.2) is 13.2 Å². The van der Waals surface area contributed by atoms with E-state index < -0.39 is 15.5 Å². The van der Waals surface area contributed by atoms with Crippen molar-refractivity contribution in [1.29, 1.82) is 0 Å². The molecule has 1 fully saturated rings. The maximum atomic E-state index is 12.3. The molecule has 2 heterocycles. The van der Waals surface area contributed by atoms with Crippen molar-refractivity contribution < 1.29 is 22.4 Å². The van der Waals surface area contributed by atoms with Gasteiger partial charge in [-0.2, -0.15) is 0 Å². The van der Waals surface area contributed by atoms with Gasteiger partial charge in [0.25, 0.3) is 0 Å². The Labute approximate surface area is 169 Å². The average Bonchev–Trinajstić information content (AvgIpc) is 2.96. The number of nitrogens with one attached hydrogen (secondary N) is 1. The third-order valence-corrected chi connectivity index (χ3v) is 6.59. The third-order valence-electron chi connectivity index (χ3n) is 4.83. The lowest BCUT2D eigenvalue weighted by Crippen LogP contribution is -2.35. The van der Waals surface area contributed by atoms with Crippen molar-refractivity contribution in [3.63, 3.8) is 0 Å². The number of benzene rings is 1. The molecule has 3 rings (SSSR count). The average molecular weight is 419 g/mol. The summed E-state index contributed by atoms with van der Waals surface area (Å²) in [6.45, 7) is 7.79. The first kappa shape index (κ1) is 21.1. The van der Waals surface area contributed by atoms with Crippen LogP contribution < -0.4 is 15.7 Å². The predicted molar refractivity (Wildman–Crippen MR) is 111 cm³/mol. The Balaban J connectivity index is 1.78. The lowest BCUT2D eigenvalue weighted by atomic mass is 10.0. The fourth-order valence-corrected chi connectivity index (χ4v) is 5.05. The van der Waals surface area contributed by atoms with E-state index >= 15 is 0 Å². The molecule has 1 atom stereocenters. The number of ether oxygens (including phenoxy) is 1. The third kappa shape index (κ3) is 5.47. The molecule has 1 saturated heterocycles. The molecule has 1 amide bonds. The van der Waals surface area contributed by atoms with Crippen molar-refractivity contribution in [2.75, 3.05) is 18.1 Å². The second kappa shape index (κ2) is 8.41. The Morgan fingerprint density at radius 2 is 2.10 bits per heavy atom. The smallest absolute Gasteiger partial charge is 0.336 e. The highest BCUT2D eigenvalue weighted by molar-refractivity contribution is 7.91. The molecule has 29 heavy (non-hydrogen) atoms. The van der Waals surface area contributed by atoms with Gasteiger partial charge in [0, 0.05) is 30.0 Å². The highest BCUT2D eigenvalue weighted by Gasteiger charge is 2.28. The Bertz CT molecular complexity index is 1120. The summed E-state index contributed by atoms with van der Waals surface area (Å²) in [7, 11) is -3.04. The van der Waals surface area contributed by atoms with E-state index in [0.29, 0.717) is 30.8 Å². The highest BCUT2D eigenvalue weighted by Crippen LogP contribution is 2.28. The Morgan fingerprint density at radius 3 is 2.76 bits per heavy atom. The van der Waals surface area contributed by atoms with Crippen LogP contribution in [0, 0.1) is 6.92 Å². The number of hydrogen-bond acceptors (Lipinski definition) is 6. The molecular formula is C21H25NO6S. The zero-order chi connectivity index (χ0) is 21.2. The lowest BCUT2D eigenvalue weighted by Gasteiger charge is -2.14. The molecule has 156 valence electrons. The maximum absolute atomic E-state index is 12.3. The van der Waals surface area contributed by atoms with Crippen molar-refractivity contribution in [2.24, 2.45) is 0 Å². The summed E-state index contributed by atoms with van der Waals surface area (Å²) >= 11 is 0. The standard InChI is InChI=1S/C21H25NO6S/c1-13(2)11-27-18-10-19-17(14(3)8-21(24)28-19)9-15(18)4-5-20(23)22-16-6-7-29(25,26)12-16/h8-10,16H,1,4-7,11-12H2,2-3H3,(H,22,23)/t16-/m0/s1. The molecule has 1 aliphatic rings. The second-order valence-electron chi connectivity index (χ2n) is 7.62. The van der Waals surface area contributed by atoms with Crippen LogP contribution in [0.3, 0.4) is 0 Å². The molecule has 0 spiro atoms. The minimum Gasteiger partial charge on any atom is -0.489 e. The summed E-state index contributed by atoms with van der Waals surface area (Å²) in [4.78, 5) is 24.0. The summed E-state index contributed by atoms with van der Waals surface area (Å²) in [5, 5.41) is 3.58. The zero-order valence-electron chi connectivity index (χ0n) is 16.6. The van der Waals surface area contributed by atoms with Gasteiger partial charge in [0.15, 0.2) is 9.84 Å². The SMILES string of the molecule is C=C(C)COc1cc2oc(=O)cc(C)c2cc1CCC(=O)N[C@H]1CCS(=O)(=O)C1. The fourth-order valence-electron chi connectivity index (χ4n) is 3.38. The van der Waals surface area contributed by atoms with Crippen LogP contribution >= 0.6 is 0 Å². The van der Waals surface area contributed by atoms with E-state index in [-0.39, 0.29) is 29.9 Å². The van der Waals surface area contributed by atoms with Crippen LogP contribution in [-0.2, 0) is 21.1 Å². The molecule has 2 aromatic rings. The van der Waals surface area contributed by atoms with E-state index in [1.54, 1.807) is 6.07 Å². The number of carbonyl (C=O) groups excluding carboxylic acids is 1. The molecule has 0 aliphatic carbocycles. The molecule has 1 aromatic heterocycles. The Morgan fingerprint density at radius 1 is 1.34 bits per heavy atom. The number of carbonyl (C=O) groups is 1. The quantitative estimate of drug-likeness (QED) is 0.546. The van der Waals surface area contributed by atoms with Crippen LogP contribution in [0.1, 0.15) is 30.9 Å². The van der Waals surface area contributed by atoms with Gasteiger partial charge < -0.3 is 14.5 Å². The van der Waals surface area contributed by atoms with Gasteiger partial charge in [0.1, 0.15) is 17.9 Å². The van der Waals surface area contributed by atoms with Crippen LogP contribution in [-0.4, -0.2) is 38.5 Å². The van der Waals surface area contributed by atoms with Crippen molar-refractivity contribution in [1.82, 2.24) is 5.32 Å². The van der Waals surface area contributed by atoms with Gasteiger partial charge in [-0.3, -0.25) is 4.79 Å². The number of hydrogen-bond donors (Lipinski definition) is 1. The number of sulfone groups is 1. The van der Waals surface area contributed by atoms with Gasteiger partial charge in [0.2, 0.25) is 5.91 Å². The molecule has 8 heteroatoms. The van der Waals surface area contributed by atoms with Gasteiger partial charge in [0.05, 0.1) is 11.5 Å². The summed E-state index contributed by atoms with van der Waals surface area (Å²) < 4.78 is 34.2. The van der Waals surface area contributed by atoms with Gasteiger partial charge in [-0.05, 0) is 49.5 Å². The zero-order valence-corrected chi connectivity index (χ0v) is 17.4. The van der Waals surface area contributed by atoms with Crippen molar-refractivity contribution >= 4 is 26.7 Å².